The highest BCUT2D eigenvalue weighted by atomic mass is 16.8. The fourth-order valence-electron chi connectivity index (χ4n) is 19.4. The van der Waals surface area contributed by atoms with Crippen molar-refractivity contribution in [3.63, 3.8) is 0 Å². The standard InChI is InChI=1S/C61H98O28/c1-25-34(66)38(70)44(88-53-47(74)60(77,22-64)24-78-53)50(80-25)87-45-39(71)36(68)28(21-63)83-51(45)85-42-41(73)43(48(75)76)86-52(46(42)89-49-40(72)37(69)35(67)27(20-62)82-49)84-32-12-13-56(7)29(55(32,5)6)10-14-57(8)30(56)11-15-61-31-18-54(3,4)16-17-59(31,23-79-61)33(81-26(2)65)19-58(57,61)9/h25,27-47,49-53,62-64,66-74,77H,10-24H2,1-9H3,(H,75,76)/t25-,27?,28?,29?,30?,31?,32-,33+,34-,35?,36?,37?,38+,39?,40?,41-,42-,43-,44+,45+,46+,47-,49?,50-,51?,52+,53-,56-,57+,58-,59+,60+,61-/m0/s1. The van der Waals surface area contributed by atoms with E-state index in [1.165, 1.54) is 13.8 Å². The van der Waals surface area contributed by atoms with Crippen LogP contribution in [-0.4, -0.2) is 275 Å². The summed E-state index contributed by atoms with van der Waals surface area (Å²) in [5.41, 5.74) is -4.63. The molecule has 5 saturated carbocycles. The number of aliphatic hydroxyl groups excluding tert-OH is 12. The van der Waals surface area contributed by atoms with Crippen LogP contribution in [0.15, 0.2) is 0 Å². The molecule has 5 aliphatic carbocycles. The molecule has 2 bridgehead atoms. The zero-order valence-electron chi connectivity index (χ0n) is 52.2. The Hall–Kier alpha value is -2.02. The van der Waals surface area contributed by atoms with E-state index in [0.717, 1.165) is 44.9 Å². The van der Waals surface area contributed by atoms with Gasteiger partial charge in [0, 0.05) is 23.7 Å². The maximum atomic E-state index is 13.4. The molecule has 11 rings (SSSR count). The van der Waals surface area contributed by atoms with Crippen LogP contribution in [0.3, 0.4) is 0 Å². The molecule has 6 saturated heterocycles. The van der Waals surface area contributed by atoms with E-state index in [9.17, 15) is 81.1 Å². The molecule has 510 valence electrons. The first-order valence-electron chi connectivity index (χ1n) is 31.9. The van der Waals surface area contributed by atoms with E-state index in [0.29, 0.717) is 25.9 Å². The molecule has 89 heavy (non-hydrogen) atoms. The second-order valence-corrected chi connectivity index (χ2v) is 30.2. The number of carbonyl (C=O) groups excluding carboxylic acids is 1. The Morgan fingerprint density at radius 3 is 1.75 bits per heavy atom. The van der Waals surface area contributed by atoms with Crippen molar-refractivity contribution in [3.8, 4) is 0 Å². The summed E-state index contributed by atoms with van der Waals surface area (Å²) in [5.74, 6) is -1.73. The molecule has 28 heteroatoms. The molecule has 1 spiro atoms. The number of rotatable bonds is 15. The highest BCUT2D eigenvalue weighted by Gasteiger charge is 2.81. The third-order valence-corrected chi connectivity index (χ3v) is 24.7. The molecular weight excluding hydrogens is 1180 g/mol. The topological polar surface area (TPSA) is 428 Å². The van der Waals surface area contributed by atoms with E-state index in [1.807, 2.05) is 0 Å². The van der Waals surface area contributed by atoms with Gasteiger partial charge in [-0.05, 0) is 105 Å². The van der Waals surface area contributed by atoms with E-state index in [1.54, 1.807) is 0 Å². The first kappa shape index (κ1) is 68.4. The quantitative estimate of drug-likeness (QED) is 0.0611. The minimum absolute atomic E-state index is 0.0470. The van der Waals surface area contributed by atoms with Crippen LogP contribution in [0, 0.1) is 50.2 Å². The molecule has 11 aliphatic rings. The summed E-state index contributed by atoms with van der Waals surface area (Å²) in [6.07, 6.45) is -35.8. The van der Waals surface area contributed by atoms with Gasteiger partial charge in [-0.3, -0.25) is 4.79 Å². The van der Waals surface area contributed by atoms with Crippen LogP contribution in [0.25, 0.3) is 0 Å². The zero-order valence-corrected chi connectivity index (χ0v) is 52.2. The minimum atomic E-state index is -2.31. The molecule has 28 nitrogen and oxygen atoms in total. The van der Waals surface area contributed by atoms with Crippen molar-refractivity contribution in [2.75, 3.05) is 33.0 Å². The van der Waals surface area contributed by atoms with Crippen LogP contribution < -0.4 is 0 Å². The number of aliphatic carboxylic acids is 1. The van der Waals surface area contributed by atoms with Gasteiger partial charge in [0.1, 0.15) is 103 Å². The first-order chi connectivity index (χ1) is 41.6. The zero-order chi connectivity index (χ0) is 64.8. The minimum Gasteiger partial charge on any atom is -0.479 e. The van der Waals surface area contributed by atoms with Crippen LogP contribution in [0.4, 0.5) is 0 Å². The lowest BCUT2D eigenvalue weighted by Crippen LogP contribution is -2.74. The van der Waals surface area contributed by atoms with Gasteiger partial charge in [0.2, 0.25) is 0 Å². The summed E-state index contributed by atoms with van der Waals surface area (Å²) in [4.78, 5) is 26.4. The van der Waals surface area contributed by atoms with E-state index < -0.39 is 196 Å². The lowest BCUT2D eigenvalue weighted by atomic mass is 9.30. The monoisotopic (exact) mass is 1280 g/mol. The Morgan fingerprint density at radius 2 is 1.12 bits per heavy atom. The second kappa shape index (κ2) is 24.3. The molecule has 11 fully saturated rings. The number of fused-ring (bicyclic) bond motifs is 4. The van der Waals surface area contributed by atoms with Crippen molar-refractivity contribution < 1.29 is 138 Å². The fraction of sp³-hybridized carbons (Fsp3) is 0.967. The van der Waals surface area contributed by atoms with Gasteiger partial charge in [-0.2, -0.15) is 0 Å². The largest absolute Gasteiger partial charge is 0.479 e. The van der Waals surface area contributed by atoms with Crippen molar-refractivity contribution in [1.82, 2.24) is 0 Å². The number of hydrogen-bond donors (Lipinski definition) is 14. The van der Waals surface area contributed by atoms with Crippen LogP contribution in [0.2, 0.25) is 0 Å². The van der Waals surface area contributed by atoms with Crippen molar-refractivity contribution >= 4 is 11.9 Å². The van der Waals surface area contributed by atoms with Gasteiger partial charge in [-0.1, -0.05) is 48.5 Å². The van der Waals surface area contributed by atoms with Gasteiger partial charge < -0.3 is 128 Å². The molecule has 0 amide bonds. The fourth-order valence-corrected chi connectivity index (χ4v) is 19.4. The Morgan fingerprint density at radius 1 is 0.539 bits per heavy atom. The summed E-state index contributed by atoms with van der Waals surface area (Å²) in [6, 6.07) is 0. The van der Waals surface area contributed by atoms with Crippen LogP contribution in [0.1, 0.15) is 127 Å². The second-order valence-electron chi connectivity index (χ2n) is 30.2. The van der Waals surface area contributed by atoms with Gasteiger partial charge in [-0.15, -0.1) is 0 Å². The summed E-state index contributed by atoms with van der Waals surface area (Å²) in [5, 5.41) is 154. The summed E-state index contributed by atoms with van der Waals surface area (Å²) in [6.45, 7) is 15.9. The Labute approximate surface area is 516 Å². The third kappa shape index (κ3) is 10.8. The smallest absolute Gasteiger partial charge is 0.335 e. The molecular formula is C61H98O28. The third-order valence-electron chi connectivity index (χ3n) is 24.7. The number of carbonyl (C=O) groups is 2. The lowest BCUT2D eigenvalue weighted by molar-refractivity contribution is -0.409. The number of carboxylic acid groups (broad SMARTS) is 1. The SMILES string of the molecule is CC(=O)O[C@@H]1C[C@]2(C)[C@@]3(CCC4[C@@]5(C)CC[C@H](O[C@@H]6O[C@H](C(=O)O)[C@@H](O)[C@H](OC7OC(CO)C(O)C(O)[C@H]7O[C@@H]7O[C@@H](C)[C@H](O)[C@@H](O)[C@H]7O[C@@H]7OC[C@](O)(CO)[C@H]7O)[C@H]6OC6OC(CO)C(O)C(O)C6O)C(C)(C)C5CC[C@]42C)OC[C@@]12CCC(C)(C)CC23. The molecule has 0 radical (unpaired) electrons. The molecule has 33 atom stereocenters. The number of hydrogen-bond acceptors (Lipinski definition) is 27. The Balaban J connectivity index is 0.914. The van der Waals surface area contributed by atoms with E-state index in [2.05, 4.69) is 48.5 Å². The predicted molar refractivity (Wildman–Crippen MR) is 298 cm³/mol. The van der Waals surface area contributed by atoms with Crippen molar-refractivity contribution in [2.24, 2.45) is 50.2 Å². The number of esters is 1. The molecule has 6 heterocycles. The summed E-state index contributed by atoms with van der Waals surface area (Å²) >= 11 is 0. The normalized spacial score (nSPS) is 55.1. The average Bonchev–Trinajstić information content (AvgIpc) is 1.62. The number of ether oxygens (including phenoxy) is 12. The average molecular weight is 1280 g/mol. The Bertz CT molecular complexity index is 2550. The highest BCUT2D eigenvalue weighted by Crippen LogP contribution is 2.81. The van der Waals surface area contributed by atoms with Crippen LogP contribution in [0.5, 0.6) is 0 Å². The van der Waals surface area contributed by atoms with E-state index in [4.69, 9.17) is 56.8 Å². The first-order valence-corrected chi connectivity index (χ1v) is 31.9. The maximum Gasteiger partial charge on any atom is 0.335 e. The summed E-state index contributed by atoms with van der Waals surface area (Å²) < 4.78 is 75.3. The molecule has 0 aromatic rings. The molecule has 12 unspecified atom stereocenters. The number of carboxylic acids is 1. The molecule has 0 aromatic heterocycles. The Kier molecular flexibility index (Phi) is 18.6. The van der Waals surface area contributed by atoms with Gasteiger partial charge in [-0.25, -0.2) is 4.79 Å². The van der Waals surface area contributed by atoms with Crippen molar-refractivity contribution in [2.45, 2.75) is 285 Å². The molecule has 14 N–H and O–H groups in total. The van der Waals surface area contributed by atoms with Gasteiger partial charge in [0.25, 0.3) is 0 Å². The summed E-state index contributed by atoms with van der Waals surface area (Å²) in [7, 11) is 0. The lowest BCUT2D eigenvalue weighted by Gasteiger charge is -2.75. The maximum absolute atomic E-state index is 13.4. The molecule has 0 aromatic carbocycles. The van der Waals surface area contributed by atoms with Gasteiger partial charge in [0.05, 0.1) is 50.8 Å². The predicted octanol–water partition coefficient (Wildman–Crippen LogP) is -2.20. The van der Waals surface area contributed by atoms with E-state index >= 15 is 0 Å². The van der Waals surface area contributed by atoms with Crippen LogP contribution in [-0.2, 0) is 66.4 Å². The highest BCUT2D eigenvalue weighted by molar-refractivity contribution is 5.73. The van der Waals surface area contributed by atoms with Gasteiger partial charge >= 0.3 is 11.9 Å². The van der Waals surface area contributed by atoms with Gasteiger partial charge in [0.15, 0.2) is 37.6 Å². The van der Waals surface area contributed by atoms with E-state index in [-0.39, 0.29) is 51.5 Å². The number of aliphatic hydroxyl groups is 13. The van der Waals surface area contributed by atoms with Crippen molar-refractivity contribution in [1.29, 1.82) is 0 Å². The molecule has 6 aliphatic heterocycles. The van der Waals surface area contributed by atoms with Crippen LogP contribution >= 0.6 is 0 Å². The van der Waals surface area contributed by atoms with Crippen molar-refractivity contribution in [3.05, 3.63) is 0 Å².